The highest BCUT2D eigenvalue weighted by molar-refractivity contribution is 5.39. The van der Waals surface area contributed by atoms with Gasteiger partial charge in [-0.2, -0.15) is 0 Å². The first kappa shape index (κ1) is 9.18. The van der Waals surface area contributed by atoms with Gasteiger partial charge in [0.1, 0.15) is 5.65 Å². The van der Waals surface area contributed by atoms with E-state index in [0.717, 1.165) is 11.3 Å². The van der Waals surface area contributed by atoms with E-state index < -0.39 is 0 Å². The average Bonchev–Trinajstić information content (AvgIpc) is 2.63. The number of aliphatic hydroxyl groups is 1. The molecule has 2 aromatic heterocycles. The first-order valence-electron chi connectivity index (χ1n) is 4.51. The maximum atomic E-state index is 8.56. The zero-order chi connectivity index (χ0) is 9.80. The zero-order valence-electron chi connectivity index (χ0n) is 7.76. The predicted molar refractivity (Wildman–Crippen MR) is 51.9 cm³/mol. The van der Waals surface area contributed by atoms with Crippen molar-refractivity contribution in [1.82, 2.24) is 9.38 Å². The lowest BCUT2D eigenvalue weighted by Gasteiger charge is -2.01. The molecule has 0 bridgehead atoms. The Hall–Kier alpha value is -1.39. The van der Waals surface area contributed by atoms with Gasteiger partial charge >= 0.3 is 0 Å². The molecule has 0 amide bonds. The predicted octanol–water partition coefficient (Wildman–Crippen LogP) is 0.843. The average molecular weight is 192 g/mol. The number of aromatic nitrogens is 2. The minimum atomic E-state index is 0.0523. The number of pyridine rings is 1. The minimum Gasteiger partial charge on any atom is -0.394 e. The van der Waals surface area contributed by atoms with Crippen LogP contribution in [-0.4, -0.2) is 27.7 Å². The Bertz CT molecular complexity index is 411. The minimum absolute atomic E-state index is 0.0523. The maximum Gasteiger partial charge on any atom is 0.136 e. The summed E-state index contributed by atoms with van der Waals surface area (Å²) in [6.07, 6.45) is 3.73. The molecule has 0 spiro atoms. The third-order valence-corrected chi connectivity index (χ3v) is 1.98. The highest BCUT2D eigenvalue weighted by Crippen LogP contribution is 2.06. The van der Waals surface area contributed by atoms with Gasteiger partial charge in [0.2, 0.25) is 0 Å². The molecule has 4 heteroatoms. The van der Waals surface area contributed by atoms with Crippen LogP contribution in [0.3, 0.4) is 0 Å². The van der Waals surface area contributed by atoms with E-state index >= 15 is 0 Å². The number of nitrogens with zero attached hydrogens (tertiary/aromatic N) is 2. The van der Waals surface area contributed by atoms with Crippen molar-refractivity contribution < 1.29 is 9.84 Å². The second-order valence-corrected chi connectivity index (χ2v) is 2.95. The van der Waals surface area contributed by atoms with Crippen molar-refractivity contribution in [3.63, 3.8) is 0 Å². The summed E-state index contributed by atoms with van der Waals surface area (Å²) in [5, 5.41) is 8.56. The molecule has 0 radical (unpaired) electrons. The van der Waals surface area contributed by atoms with Crippen LogP contribution in [0.1, 0.15) is 5.69 Å². The number of aliphatic hydroxyl groups excluding tert-OH is 1. The molecule has 0 unspecified atom stereocenters. The Morgan fingerprint density at radius 2 is 2.36 bits per heavy atom. The molecule has 0 fully saturated rings. The van der Waals surface area contributed by atoms with E-state index in [0.29, 0.717) is 13.2 Å². The van der Waals surface area contributed by atoms with Gasteiger partial charge in [0.05, 0.1) is 31.7 Å². The van der Waals surface area contributed by atoms with Crippen molar-refractivity contribution in [2.24, 2.45) is 0 Å². The van der Waals surface area contributed by atoms with Gasteiger partial charge in [-0.05, 0) is 12.1 Å². The topological polar surface area (TPSA) is 46.8 Å². The van der Waals surface area contributed by atoms with Crippen LogP contribution in [0.15, 0.2) is 30.6 Å². The van der Waals surface area contributed by atoms with E-state index in [1.165, 1.54) is 0 Å². The first-order chi connectivity index (χ1) is 6.92. The summed E-state index contributed by atoms with van der Waals surface area (Å²) in [5.41, 5.74) is 1.91. The van der Waals surface area contributed by atoms with Gasteiger partial charge in [0, 0.05) is 6.20 Å². The van der Waals surface area contributed by atoms with Gasteiger partial charge in [-0.3, -0.25) is 0 Å². The molecule has 0 aliphatic heterocycles. The van der Waals surface area contributed by atoms with Gasteiger partial charge in [0.25, 0.3) is 0 Å². The van der Waals surface area contributed by atoms with Crippen molar-refractivity contribution >= 4 is 5.65 Å². The Morgan fingerprint density at radius 1 is 1.43 bits per heavy atom. The lowest BCUT2D eigenvalue weighted by atomic mass is 10.4. The number of imidazole rings is 1. The summed E-state index contributed by atoms with van der Waals surface area (Å²) in [4.78, 5) is 4.22. The number of hydrogen-bond acceptors (Lipinski definition) is 3. The van der Waals surface area contributed by atoms with Crippen LogP contribution in [0.25, 0.3) is 5.65 Å². The molecule has 0 atom stereocenters. The normalized spacial score (nSPS) is 10.9. The van der Waals surface area contributed by atoms with E-state index in [2.05, 4.69) is 4.98 Å². The molecule has 2 heterocycles. The quantitative estimate of drug-likeness (QED) is 0.730. The summed E-state index contributed by atoms with van der Waals surface area (Å²) < 4.78 is 7.19. The Kier molecular flexibility index (Phi) is 2.76. The van der Waals surface area contributed by atoms with Crippen molar-refractivity contribution in [3.05, 3.63) is 36.3 Å². The van der Waals surface area contributed by atoms with E-state index in [1.807, 2.05) is 28.8 Å². The fourth-order valence-corrected chi connectivity index (χ4v) is 1.33. The van der Waals surface area contributed by atoms with Gasteiger partial charge < -0.3 is 14.2 Å². The second kappa shape index (κ2) is 4.21. The molecule has 0 aliphatic rings. The molecule has 0 aromatic carbocycles. The lowest BCUT2D eigenvalue weighted by Crippen LogP contribution is -2.01. The summed E-state index contributed by atoms with van der Waals surface area (Å²) >= 11 is 0. The third kappa shape index (κ3) is 1.76. The second-order valence-electron chi connectivity index (χ2n) is 2.95. The highest BCUT2D eigenvalue weighted by atomic mass is 16.5. The van der Waals surface area contributed by atoms with Crippen molar-refractivity contribution in [1.29, 1.82) is 0 Å². The van der Waals surface area contributed by atoms with Gasteiger partial charge in [0.15, 0.2) is 0 Å². The van der Waals surface area contributed by atoms with Crippen LogP contribution in [0.4, 0.5) is 0 Å². The molecule has 2 aromatic rings. The van der Waals surface area contributed by atoms with E-state index in [1.54, 1.807) is 6.20 Å². The van der Waals surface area contributed by atoms with Crippen LogP contribution in [0.2, 0.25) is 0 Å². The summed E-state index contributed by atoms with van der Waals surface area (Å²) in [7, 11) is 0. The number of hydrogen-bond donors (Lipinski definition) is 1. The summed E-state index contributed by atoms with van der Waals surface area (Å²) in [6.45, 7) is 0.891. The Morgan fingerprint density at radius 3 is 3.21 bits per heavy atom. The largest absolute Gasteiger partial charge is 0.394 e. The smallest absolute Gasteiger partial charge is 0.136 e. The van der Waals surface area contributed by atoms with E-state index in [9.17, 15) is 0 Å². The number of fused-ring (bicyclic) bond motifs is 1. The van der Waals surface area contributed by atoms with Gasteiger partial charge in [-0.1, -0.05) is 6.07 Å². The molecule has 2 rings (SSSR count). The van der Waals surface area contributed by atoms with Crippen molar-refractivity contribution in [3.8, 4) is 0 Å². The monoisotopic (exact) mass is 192 g/mol. The molecule has 14 heavy (non-hydrogen) atoms. The van der Waals surface area contributed by atoms with Crippen LogP contribution >= 0.6 is 0 Å². The Labute approximate surface area is 81.8 Å². The summed E-state index contributed by atoms with van der Waals surface area (Å²) in [5.74, 6) is 0. The van der Waals surface area contributed by atoms with Crippen LogP contribution < -0.4 is 0 Å². The molecule has 0 aliphatic carbocycles. The van der Waals surface area contributed by atoms with Gasteiger partial charge in [-0.25, -0.2) is 4.98 Å². The fourth-order valence-electron chi connectivity index (χ4n) is 1.33. The summed E-state index contributed by atoms with van der Waals surface area (Å²) in [6, 6.07) is 5.83. The molecular formula is C10H12N2O2. The van der Waals surface area contributed by atoms with Gasteiger partial charge in [-0.15, -0.1) is 0 Å². The van der Waals surface area contributed by atoms with Crippen molar-refractivity contribution in [2.45, 2.75) is 6.61 Å². The molecule has 74 valence electrons. The third-order valence-electron chi connectivity index (χ3n) is 1.98. The lowest BCUT2D eigenvalue weighted by molar-refractivity contribution is 0.0793. The van der Waals surface area contributed by atoms with E-state index in [-0.39, 0.29) is 6.61 Å². The Balaban J connectivity index is 2.17. The molecule has 0 saturated heterocycles. The molecule has 0 saturated carbocycles. The van der Waals surface area contributed by atoms with Crippen molar-refractivity contribution in [2.75, 3.05) is 13.2 Å². The highest BCUT2D eigenvalue weighted by Gasteiger charge is 2.01. The zero-order valence-corrected chi connectivity index (χ0v) is 7.76. The molecule has 4 nitrogen and oxygen atoms in total. The molecular weight excluding hydrogens is 180 g/mol. The van der Waals surface area contributed by atoms with Crippen LogP contribution in [-0.2, 0) is 11.3 Å². The van der Waals surface area contributed by atoms with Crippen LogP contribution in [0, 0.1) is 0 Å². The number of ether oxygens (including phenoxy) is 1. The SMILES string of the molecule is OCCOCc1cnc2ccccn12. The fraction of sp³-hybridized carbons (Fsp3) is 0.300. The number of rotatable bonds is 4. The van der Waals surface area contributed by atoms with E-state index in [4.69, 9.17) is 9.84 Å². The standard InChI is InChI=1S/C10H12N2O2/c13-5-6-14-8-9-7-11-10-3-1-2-4-12(9)10/h1-4,7,13H,5-6,8H2. The maximum absolute atomic E-state index is 8.56. The van der Waals surface area contributed by atoms with Crippen LogP contribution in [0.5, 0.6) is 0 Å². The molecule has 1 N–H and O–H groups in total. The first-order valence-corrected chi connectivity index (χ1v) is 4.51.